The van der Waals surface area contributed by atoms with E-state index in [4.69, 9.17) is 23.2 Å². The quantitative estimate of drug-likeness (QED) is 0.534. The highest BCUT2D eigenvalue weighted by atomic mass is 35.5. The first kappa shape index (κ1) is 13.2. The fourth-order valence-corrected chi connectivity index (χ4v) is 2.41. The second kappa shape index (κ2) is 5.70. The van der Waals surface area contributed by atoms with E-state index >= 15 is 0 Å². The summed E-state index contributed by atoms with van der Waals surface area (Å²) in [6.45, 7) is 0. The zero-order valence-electron chi connectivity index (χ0n) is 10.6. The third kappa shape index (κ3) is 2.72. The monoisotopic (exact) mass is 297 g/mol. The summed E-state index contributed by atoms with van der Waals surface area (Å²) in [5, 5.41) is 1.47. The molecule has 0 aromatic heterocycles. The summed E-state index contributed by atoms with van der Waals surface area (Å²) in [7, 11) is 0. The van der Waals surface area contributed by atoms with Crippen LogP contribution in [0.5, 0.6) is 0 Å². The normalized spacial score (nSPS) is 10.5. The van der Waals surface area contributed by atoms with Crippen LogP contribution in [0.4, 0.5) is 0 Å². The maximum atomic E-state index is 5.95. The highest BCUT2D eigenvalue weighted by Crippen LogP contribution is 2.32. The molecule has 1 radical (unpaired) electrons. The zero-order chi connectivity index (χ0) is 13.9. The molecular formula is C18H11Cl2. The van der Waals surface area contributed by atoms with Gasteiger partial charge in [-0.25, -0.2) is 0 Å². The average Bonchev–Trinajstić information content (AvgIpc) is 2.49. The lowest BCUT2D eigenvalue weighted by Gasteiger charge is -2.10. The first-order valence-electron chi connectivity index (χ1n) is 6.26. The van der Waals surface area contributed by atoms with Crippen LogP contribution in [0.2, 0.25) is 10.0 Å². The van der Waals surface area contributed by atoms with Crippen LogP contribution in [0.25, 0.3) is 22.3 Å². The van der Waals surface area contributed by atoms with E-state index in [1.54, 1.807) is 0 Å². The van der Waals surface area contributed by atoms with E-state index in [0.717, 1.165) is 32.3 Å². The summed E-state index contributed by atoms with van der Waals surface area (Å²) < 4.78 is 0. The summed E-state index contributed by atoms with van der Waals surface area (Å²) in [6, 6.07) is 24.9. The maximum absolute atomic E-state index is 5.95. The highest BCUT2D eigenvalue weighted by molar-refractivity contribution is 6.31. The molecule has 0 unspecified atom stereocenters. The molecule has 0 aliphatic rings. The van der Waals surface area contributed by atoms with Gasteiger partial charge in [-0.15, -0.1) is 0 Å². The molecule has 0 atom stereocenters. The number of halogens is 2. The summed E-state index contributed by atoms with van der Waals surface area (Å²) in [6.07, 6.45) is 0. The van der Waals surface area contributed by atoms with Gasteiger partial charge in [-0.05, 0) is 52.6 Å². The third-order valence-corrected chi connectivity index (χ3v) is 3.65. The van der Waals surface area contributed by atoms with Gasteiger partial charge in [0.05, 0.1) is 0 Å². The molecule has 2 heteroatoms. The van der Waals surface area contributed by atoms with E-state index in [0.29, 0.717) is 0 Å². The van der Waals surface area contributed by atoms with Gasteiger partial charge in [-0.2, -0.15) is 0 Å². The molecule has 0 saturated carbocycles. The first-order valence-corrected chi connectivity index (χ1v) is 7.02. The van der Waals surface area contributed by atoms with Gasteiger partial charge in [-0.1, -0.05) is 65.7 Å². The van der Waals surface area contributed by atoms with Crippen LogP contribution in [0.3, 0.4) is 0 Å². The van der Waals surface area contributed by atoms with E-state index in [2.05, 4.69) is 12.1 Å². The number of benzene rings is 3. The topological polar surface area (TPSA) is 0 Å². The fourth-order valence-electron chi connectivity index (χ4n) is 2.16. The summed E-state index contributed by atoms with van der Waals surface area (Å²) >= 11 is 11.9. The highest BCUT2D eigenvalue weighted by Gasteiger charge is 2.07. The van der Waals surface area contributed by atoms with Gasteiger partial charge in [-0.3, -0.25) is 0 Å². The van der Waals surface area contributed by atoms with Gasteiger partial charge in [0, 0.05) is 10.0 Å². The lowest BCUT2D eigenvalue weighted by atomic mass is 9.95. The standard InChI is InChI=1S/C18H11Cl2/c19-15-9-5-13(6-10-15)17-3-1-2-4-18(17)14-7-11-16(20)12-8-14/h1-3,5-12H. The van der Waals surface area contributed by atoms with Crippen molar-refractivity contribution in [1.82, 2.24) is 0 Å². The minimum absolute atomic E-state index is 0.734. The molecule has 0 spiro atoms. The van der Waals surface area contributed by atoms with Crippen molar-refractivity contribution in [2.75, 3.05) is 0 Å². The molecule has 0 saturated heterocycles. The summed E-state index contributed by atoms with van der Waals surface area (Å²) in [5.74, 6) is 0. The molecule has 0 bridgehead atoms. The van der Waals surface area contributed by atoms with Crippen LogP contribution < -0.4 is 0 Å². The van der Waals surface area contributed by atoms with Crippen LogP contribution in [0.1, 0.15) is 0 Å². The van der Waals surface area contributed by atoms with Gasteiger partial charge < -0.3 is 0 Å². The zero-order valence-corrected chi connectivity index (χ0v) is 12.1. The molecule has 0 nitrogen and oxygen atoms in total. The molecule has 0 aliphatic carbocycles. The van der Waals surface area contributed by atoms with Crippen molar-refractivity contribution in [3.05, 3.63) is 82.8 Å². The number of hydrogen-bond acceptors (Lipinski definition) is 0. The Hall–Kier alpha value is -1.76. The van der Waals surface area contributed by atoms with E-state index in [-0.39, 0.29) is 0 Å². The second-order valence-electron chi connectivity index (χ2n) is 4.47. The molecule has 0 aliphatic heterocycles. The van der Waals surface area contributed by atoms with Crippen molar-refractivity contribution in [3.63, 3.8) is 0 Å². The third-order valence-electron chi connectivity index (χ3n) is 3.14. The maximum Gasteiger partial charge on any atom is 0.0406 e. The minimum Gasteiger partial charge on any atom is -0.0843 e. The predicted molar refractivity (Wildman–Crippen MR) is 86.2 cm³/mol. The van der Waals surface area contributed by atoms with E-state index in [1.165, 1.54) is 0 Å². The fraction of sp³-hybridized carbons (Fsp3) is 0. The van der Waals surface area contributed by atoms with E-state index < -0.39 is 0 Å². The van der Waals surface area contributed by atoms with Crippen LogP contribution in [0, 0.1) is 6.07 Å². The lowest BCUT2D eigenvalue weighted by Crippen LogP contribution is -1.85. The molecule has 97 valence electrons. The molecular weight excluding hydrogens is 287 g/mol. The van der Waals surface area contributed by atoms with Gasteiger partial charge in [0.25, 0.3) is 0 Å². The van der Waals surface area contributed by atoms with Crippen molar-refractivity contribution in [3.8, 4) is 22.3 Å². The van der Waals surface area contributed by atoms with E-state index in [1.807, 2.05) is 60.7 Å². The van der Waals surface area contributed by atoms with Crippen LogP contribution in [-0.4, -0.2) is 0 Å². The molecule has 3 aromatic carbocycles. The van der Waals surface area contributed by atoms with Crippen LogP contribution >= 0.6 is 23.2 Å². The van der Waals surface area contributed by atoms with Gasteiger partial charge in [0.15, 0.2) is 0 Å². The Labute approximate surface area is 128 Å². The average molecular weight is 298 g/mol. The SMILES string of the molecule is Clc1ccc(-c2[c]cccc2-c2ccc(Cl)cc2)cc1. The summed E-state index contributed by atoms with van der Waals surface area (Å²) in [5.41, 5.74) is 4.41. The van der Waals surface area contributed by atoms with Gasteiger partial charge in [0.2, 0.25) is 0 Å². The Morgan fingerprint density at radius 1 is 0.650 bits per heavy atom. The lowest BCUT2D eigenvalue weighted by molar-refractivity contribution is 1.57. The van der Waals surface area contributed by atoms with Crippen LogP contribution in [0.15, 0.2) is 66.7 Å². The first-order chi connectivity index (χ1) is 9.74. The van der Waals surface area contributed by atoms with Crippen molar-refractivity contribution in [2.45, 2.75) is 0 Å². The summed E-state index contributed by atoms with van der Waals surface area (Å²) in [4.78, 5) is 0. The molecule has 0 heterocycles. The van der Waals surface area contributed by atoms with E-state index in [9.17, 15) is 0 Å². The molecule has 20 heavy (non-hydrogen) atoms. The van der Waals surface area contributed by atoms with Crippen molar-refractivity contribution >= 4 is 23.2 Å². The Kier molecular flexibility index (Phi) is 3.77. The molecule has 0 N–H and O–H groups in total. The Morgan fingerprint density at radius 2 is 1.20 bits per heavy atom. The predicted octanol–water partition coefficient (Wildman–Crippen LogP) is 6.13. The van der Waals surface area contributed by atoms with Crippen molar-refractivity contribution < 1.29 is 0 Å². The van der Waals surface area contributed by atoms with Crippen molar-refractivity contribution in [1.29, 1.82) is 0 Å². The Bertz CT molecular complexity index is 649. The molecule has 3 rings (SSSR count). The van der Waals surface area contributed by atoms with Gasteiger partial charge in [0.1, 0.15) is 0 Å². The Balaban J connectivity index is 2.13. The number of hydrogen-bond donors (Lipinski definition) is 0. The van der Waals surface area contributed by atoms with Crippen molar-refractivity contribution in [2.24, 2.45) is 0 Å². The van der Waals surface area contributed by atoms with Gasteiger partial charge >= 0.3 is 0 Å². The minimum atomic E-state index is 0.734. The van der Waals surface area contributed by atoms with Crippen LogP contribution in [-0.2, 0) is 0 Å². The molecule has 0 amide bonds. The molecule has 0 fully saturated rings. The molecule has 3 aromatic rings. The largest absolute Gasteiger partial charge is 0.0843 e. The Morgan fingerprint density at radius 3 is 1.80 bits per heavy atom. The smallest absolute Gasteiger partial charge is 0.0406 e. The number of rotatable bonds is 2. The second-order valence-corrected chi connectivity index (χ2v) is 5.35.